The fourth-order valence-electron chi connectivity index (χ4n) is 2.98. The maximum Gasteiger partial charge on any atom is 0.416 e. The third kappa shape index (κ3) is 4.28. The summed E-state index contributed by atoms with van der Waals surface area (Å²) in [5.41, 5.74) is 7.77. The number of rotatable bonds is 3. The lowest BCUT2D eigenvalue weighted by Gasteiger charge is -2.30. The Kier molecular flexibility index (Phi) is 5.90. The Hall–Kier alpha value is -1.57. The van der Waals surface area contributed by atoms with Gasteiger partial charge in [0.25, 0.3) is 0 Å². The van der Waals surface area contributed by atoms with Crippen molar-refractivity contribution in [3.63, 3.8) is 0 Å². The van der Waals surface area contributed by atoms with Gasteiger partial charge < -0.3 is 5.73 Å². The van der Waals surface area contributed by atoms with Crippen LogP contribution < -0.4 is 5.73 Å². The molecule has 1 atom stereocenters. The van der Waals surface area contributed by atoms with E-state index in [2.05, 4.69) is 15.1 Å². The van der Waals surface area contributed by atoms with Crippen LogP contribution in [0.5, 0.6) is 0 Å². The summed E-state index contributed by atoms with van der Waals surface area (Å²) in [5, 5.41) is 6.94. The second kappa shape index (κ2) is 7.55. The van der Waals surface area contributed by atoms with Gasteiger partial charge in [0, 0.05) is 24.7 Å². The predicted octanol–water partition coefficient (Wildman–Crippen LogP) is 3.44. The summed E-state index contributed by atoms with van der Waals surface area (Å²) in [6, 6.07) is 5.32. The van der Waals surface area contributed by atoms with E-state index in [1.807, 2.05) is 0 Å². The monoisotopic (exact) mass is 360 g/mol. The number of nitrogens with two attached hydrogens (primary N) is 1. The first kappa shape index (κ1) is 18.8. The zero-order chi connectivity index (χ0) is 16.4. The van der Waals surface area contributed by atoms with Crippen LogP contribution in [0.2, 0.25) is 0 Å². The van der Waals surface area contributed by atoms with Crippen LogP contribution in [-0.4, -0.2) is 34.2 Å². The van der Waals surface area contributed by atoms with Crippen molar-refractivity contribution in [1.82, 2.24) is 15.1 Å². The van der Waals surface area contributed by atoms with Crippen LogP contribution in [0.4, 0.5) is 13.2 Å². The topological polar surface area (TPSA) is 57.9 Å². The Morgan fingerprint density at radius 2 is 1.96 bits per heavy atom. The van der Waals surface area contributed by atoms with E-state index in [9.17, 15) is 13.2 Å². The summed E-state index contributed by atoms with van der Waals surface area (Å²) in [6.45, 7) is 2.50. The average Bonchev–Trinajstić information content (AvgIpc) is 2.94. The van der Waals surface area contributed by atoms with Crippen molar-refractivity contribution in [3.8, 4) is 11.3 Å². The molecule has 132 valence electrons. The second-order valence-corrected chi connectivity index (χ2v) is 5.98. The van der Waals surface area contributed by atoms with E-state index in [-0.39, 0.29) is 18.4 Å². The molecule has 0 saturated carbocycles. The molecule has 8 heteroatoms. The molecule has 1 aromatic heterocycles. The molecule has 3 N–H and O–H groups in total. The summed E-state index contributed by atoms with van der Waals surface area (Å²) >= 11 is 0. The van der Waals surface area contributed by atoms with Gasteiger partial charge in [0.1, 0.15) is 0 Å². The van der Waals surface area contributed by atoms with Crippen LogP contribution in [0.15, 0.2) is 30.5 Å². The normalized spacial score (nSPS) is 19.1. The van der Waals surface area contributed by atoms with E-state index >= 15 is 0 Å². The van der Waals surface area contributed by atoms with E-state index in [0.29, 0.717) is 12.1 Å². The molecule has 1 saturated heterocycles. The molecule has 0 radical (unpaired) electrons. The highest BCUT2D eigenvalue weighted by Crippen LogP contribution is 2.31. The molecule has 4 nitrogen and oxygen atoms in total. The molecule has 0 unspecified atom stereocenters. The first-order valence-electron chi connectivity index (χ1n) is 7.61. The van der Waals surface area contributed by atoms with Gasteiger partial charge in [-0.25, -0.2) is 0 Å². The van der Waals surface area contributed by atoms with E-state index < -0.39 is 11.7 Å². The molecule has 24 heavy (non-hydrogen) atoms. The van der Waals surface area contributed by atoms with E-state index in [1.165, 1.54) is 12.1 Å². The second-order valence-electron chi connectivity index (χ2n) is 5.98. The summed E-state index contributed by atoms with van der Waals surface area (Å²) in [4.78, 5) is 2.26. The van der Waals surface area contributed by atoms with Crippen molar-refractivity contribution in [2.24, 2.45) is 5.73 Å². The Morgan fingerprint density at radius 1 is 1.25 bits per heavy atom. The number of likely N-dealkylation sites (tertiary alicyclic amines) is 1. The number of halogens is 4. The molecule has 0 amide bonds. The molecule has 0 spiro atoms. The minimum atomic E-state index is -4.32. The van der Waals surface area contributed by atoms with Crippen LogP contribution in [0.1, 0.15) is 24.0 Å². The van der Waals surface area contributed by atoms with Crippen molar-refractivity contribution in [3.05, 3.63) is 41.6 Å². The molecule has 0 aliphatic carbocycles. The minimum Gasteiger partial charge on any atom is -0.327 e. The Bertz CT molecular complexity index is 654. The van der Waals surface area contributed by atoms with Gasteiger partial charge in [-0.1, -0.05) is 12.1 Å². The molecular formula is C16H20ClF3N4. The molecule has 1 aliphatic heterocycles. The molecule has 1 aromatic carbocycles. The summed E-state index contributed by atoms with van der Waals surface area (Å²) in [7, 11) is 0. The van der Waals surface area contributed by atoms with Gasteiger partial charge in [-0.3, -0.25) is 10.00 Å². The zero-order valence-electron chi connectivity index (χ0n) is 13.0. The molecule has 2 aromatic rings. The maximum absolute atomic E-state index is 12.6. The van der Waals surface area contributed by atoms with Crippen molar-refractivity contribution in [2.45, 2.75) is 31.6 Å². The number of piperidine rings is 1. The maximum atomic E-state index is 12.6. The lowest BCUT2D eigenvalue weighted by molar-refractivity contribution is -0.137. The highest BCUT2D eigenvalue weighted by Gasteiger charge is 2.30. The SMILES string of the molecule is Cl.N[C@@H]1CCCN(Cc2cn[nH]c2-c2ccc(C(F)(F)F)cc2)C1. The first-order chi connectivity index (χ1) is 10.9. The number of alkyl halides is 3. The summed E-state index contributed by atoms with van der Waals surface area (Å²) < 4.78 is 37.9. The van der Waals surface area contributed by atoms with Crippen LogP contribution >= 0.6 is 12.4 Å². The van der Waals surface area contributed by atoms with Crippen molar-refractivity contribution in [2.75, 3.05) is 13.1 Å². The van der Waals surface area contributed by atoms with Gasteiger partial charge in [-0.05, 0) is 37.1 Å². The molecular weight excluding hydrogens is 341 g/mol. The van der Waals surface area contributed by atoms with Gasteiger partial charge in [-0.2, -0.15) is 18.3 Å². The third-order valence-corrected chi connectivity index (χ3v) is 4.15. The van der Waals surface area contributed by atoms with E-state index in [4.69, 9.17) is 5.73 Å². The standard InChI is InChI=1S/C16H19F3N4.ClH/c17-16(18,19)13-5-3-11(4-6-13)15-12(8-21-22-15)9-23-7-1-2-14(20)10-23;/h3-6,8,14H,1-2,7,9-10,20H2,(H,21,22);1H/t14-;/m1./s1. The largest absolute Gasteiger partial charge is 0.416 e. The predicted molar refractivity (Wildman–Crippen MR) is 88.8 cm³/mol. The number of hydrogen-bond donors (Lipinski definition) is 2. The van der Waals surface area contributed by atoms with Crippen molar-refractivity contribution in [1.29, 1.82) is 0 Å². The number of nitrogens with one attached hydrogen (secondary N) is 1. The van der Waals surface area contributed by atoms with E-state index in [0.717, 1.165) is 49.3 Å². The lowest BCUT2D eigenvalue weighted by Crippen LogP contribution is -2.42. The fraction of sp³-hybridized carbons (Fsp3) is 0.438. The van der Waals surface area contributed by atoms with Gasteiger partial charge in [0.05, 0.1) is 17.5 Å². The highest BCUT2D eigenvalue weighted by atomic mass is 35.5. The van der Waals surface area contributed by atoms with Gasteiger partial charge in [-0.15, -0.1) is 12.4 Å². The first-order valence-corrected chi connectivity index (χ1v) is 7.61. The summed E-state index contributed by atoms with van der Waals surface area (Å²) in [6.07, 6.45) is -0.491. The van der Waals surface area contributed by atoms with Gasteiger partial charge in [0.2, 0.25) is 0 Å². The Labute approximate surface area is 144 Å². The number of benzene rings is 1. The minimum absolute atomic E-state index is 0. The lowest BCUT2D eigenvalue weighted by atomic mass is 10.0. The third-order valence-electron chi connectivity index (χ3n) is 4.15. The number of H-pyrrole nitrogens is 1. The van der Waals surface area contributed by atoms with Crippen molar-refractivity contribution < 1.29 is 13.2 Å². The molecule has 1 fully saturated rings. The number of nitrogens with zero attached hydrogens (tertiary/aromatic N) is 2. The van der Waals surface area contributed by atoms with Crippen LogP contribution in [0, 0.1) is 0 Å². The highest BCUT2D eigenvalue weighted by molar-refractivity contribution is 5.85. The fourth-order valence-corrected chi connectivity index (χ4v) is 2.98. The molecule has 1 aliphatic rings. The average molecular weight is 361 g/mol. The van der Waals surface area contributed by atoms with Crippen LogP contribution in [0.25, 0.3) is 11.3 Å². The number of hydrogen-bond acceptors (Lipinski definition) is 3. The smallest absolute Gasteiger partial charge is 0.327 e. The molecule has 0 bridgehead atoms. The van der Waals surface area contributed by atoms with E-state index in [1.54, 1.807) is 6.20 Å². The Balaban J connectivity index is 0.00000208. The zero-order valence-corrected chi connectivity index (χ0v) is 13.8. The summed E-state index contributed by atoms with van der Waals surface area (Å²) in [5.74, 6) is 0. The van der Waals surface area contributed by atoms with Crippen molar-refractivity contribution >= 4 is 12.4 Å². The Morgan fingerprint density at radius 3 is 2.58 bits per heavy atom. The van der Waals surface area contributed by atoms with Gasteiger partial charge >= 0.3 is 6.18 Å². The van der Waals surface area contributed by atoms with Crippen LogP contribution in [0.3, 0.4) is 0 Å². The van der Waals surface area contributed by atoms with Gasteiger partial charge in [0.15, 0.2) is 0 Å². The number of aromatic amines is 1. The number of aromatic nitrogens is 2. The molecule has 3 rings (SSSR count). The van der Waals surface area contributed by atoms with Crippen LogP contribution in [-0.2, 0) is 12.7 Å². The quantitative estimate of drug-likeness (QED) is 0.881. The molecule has 2 heterocycles.